The van der Waals surface area contributed by atoms with Gasteiger partial charge in [-0.3, -0.25) is 4.79 Å². The topological polar surface area (TPSA) is 129 Å². The van der Waals surface area contributed by atoms with Crippen LogP contribution in [0.4, 0.5) is 11.4 Å². The van der Waals surface area contributed by atoms with E-state index in [0.29, 0.717) is 28.3 Å². The molecular formula is C39H36N4O5. The molecule has 1 atom stereocenters. The first-order chi connectivity index (χ1) is 23.2. The van der Waals surface area contributed by atoms with E-state index in [1.807, 2.05) is 86.1 Å². The van der Waals surface area contributed by atoms with Gasteiger partial charge in [0.15, 0.2) is 5.78 Å². The van der Waals surface area contributed by atoms with Gasteiger partial charge in [0.2, 0.25) is 0 Å². The highest BCUT2D eigenvalue weighted by Gasteiger charge is 2.21. The summed E-state index contributed by atoms with van der Waals surface area (Å²) in [5.74, 6) is 1.58. The molecule has 9 nitrogen and oxygen atoms in total. The number of nitrogens with two attached hydrogens (primary N) is 1. The van der Waals surface area contributed by atoms with Gasteiger partial charge in [0.1, 0.15) is 35.7 Å². The number of nitrogens with one attached hydrogen (secondary N) is 1. The van der Waals surface area contributed by atoms with Crippen molar-refractivity contribution in [1.29, 1.82) is 0 Å². The molecule has 0 radical (unpaired) electrons. The van der Waals surface area contributed by atoms with E-state index in [-0.39, 0.29) is 18.8 Å². The summed E-state index contributed by atoms with van der Waals surface area (Å²) in [5, 5.41) is 13.1. The molecule has 6 aromatic rings. The second kappa shape index (κ2) is 13.7. The Morgan fingerprint density at radius 1 is 0.854 bits per heavy atom. The Labute approximate surface area is 278 Å². The number of fused-ring (bicyclic) bond motifs is 1. The van der Waals surface area contributed by atoms with Gasteiger partial charge in [0, 0.05) is 42.0 Å². The molecule has 0 saturated heterocycles. The zero-order chi connectivity index (χ0) is 33.8. The molecule has 1 heterocycles. The first kappa shape index (κ1) is 31.9. The summed E-state index contributed by atoms with van der Waals surface area (Å²) in [6.45, 7) is 4.16. The summed E-state index contributed by atoms with van der Waals surface area (Å²) >= 11 is 0. The summed E-state index contributed by atoms with van der Waals surface area (Å²) in [4.78, 5) is 30.1. The van der Waals surface area contributed by atoms with Crippen LogP contribution in [0.5, 0.6) is 17.2 Å². The van der Waals surface area contributed by atoms with Crippen molar-refractivity contribution in [3.05, 3.63) is 143 Å². The molecule has 0 fully saturated rings. The van der Waals surface area contributed by atoms with Crippen LogP contribution in [-0.2, 0) is 24.9 Å². The van der Waals surface area contributed by atoms with Crippen LogP contribution in [-0.4, -0.2) is 32.5 Å². The highest BCUT2D eigenvalue weighted by Crippen LogP contribution is 2.30. The number of carboxylic acid groups (broad SMARTS) is 1. The smallest absolute Gasteiger partial charge is 0.326 e. The maximum absolute atomic E-state index is 13.1. The largest absolute Gasteiger partial charge is 0.486 e. The van der Waals surface area contributed by atoms with E-state index < -0.39 is 12.0 Å². The molecule has 0 saturated carbocycles. The minimum absolute atomic E-state index is 0.179. The molecule has 4 N–H and O–H groups in total. The number of aryl methyl sites for hydroxylation is 3. The lowest BCUT2D eigenvalue weighted by Crippen LogP contribution is -2.32. The van der Waals surface area contributed by atoms with E-state index in [1.165, 1.54) is 0 Å². The fourth-order valence-corrected chi connectivity index (χ4v) is 5.59. The van der Waals surface area contributed by atoms with Gasteiger partial charge in [-0.25, -0.2) is 9.78 Å². The molecule has 0 bridgehead atoms. The zero-order valence-corrected chi connectivity index (χ0v) is 26.9. The molecule has 0 aliphatic heterocycles. The molecule has 9 heteroatoms. The molecule has 1 aromatic heterocycles. The van der Waals surface area contributed by atoms with Gasteiger partial charge < -0.3 is 30.2 Å². The average molecular weight is 641 g/mol. The van der Waals surface area contributed by atoms with Gasteiger partial charge >= 0.3 is 5.97 Å². The Kier molecular flexibility index (Phi) is 9.11. The third-order valence-electron chi connectivity index (χ3n) is 8.31. The van der Waals surface area contributed by atoms with Gasteiger partial charge in [-0.05, 0) is 79.1 Å². The first-order valence-corrected chi connectivity index (χ1v) is 15.6. The van der Waals surface area contributed by atoms with E-state index in [4.69, 9.17) is 20.2 Å². The summed E-state index contributed by atoms with van der Waals surface area (Å²) in [5.41, 5.74) is 12.7. The SMILES string of the molecule is Cc1cc(Oc2ccc3nc(COc4ccc(CC(Nc5ccccc5C(=O)c5ccccc5)C(=O)O)cc4)n(C)c3c2)cc(C)c1N. The number of benzene rings is 5. The van der Waals surface area contributed by atoms with E-state index in [0.717, 1.165) is 45.0 Å². The van der Waals surface area contributed by atoms with Crippen LogP contribution in [0.15, 0.2) is 109 Å². The number of hydrogen-bond donors (Lipinski definition) is 3. The molecule has 6 rings (SSSR count). The Hall–Kier alpha value is -6.09. The Bertz CT molecular complexity index is 2080. The molecule has 48 heavy (non-hydrogen) atoms. The van der Waals surface area contributed by atoms with Crippen LogP contribution in [0.2, 0.25) is 0 Å². The summed E-state index contributed by atoms with van der Waals surface area (Å²) in [7, 11) is 1.93. The highest BCUT2D eigenvalue weighted by molar-refractivity contribution is 6.12. The molecule has 0 amide bonds. The number of nitrogen functional groups attached to an aromatic ring is 1. The normalized spacial score (nSPS) is 11.6. The Balaban J connectivity index is 1.10. The predicted molar refractivity (Wildman–Crippen MR) is 187 cm³/mol. The minimum Gasteiger partial charge on any atom is -0.486 e. The van der Waals surface area contributed by atoms with Crippen molar-refractivity contribution < 1.29 is 24.2 Å². The number of ketones is 1. The fraction of sp³-hybridized carbons (Fsp3) is 0.154. The van der Waals surface area contributed by atoms with Crippen LogP contribution >= 0.6 is 0 Å². The summed E-state index contributed by atoms with van der Waals surface area (Å²) < 4.78 is 14.2. The maximum Gasteiger partial charge on any atom is 0.326 e. The van der Waals surface area contributed by atoms with Gasteiger partial charge in [-0.1, -0.05) is 54.6 Å². The van der Waals surface area contributed by atoms with Crippen LogP contribution < -0.4 is 20.5 Å². The molecule has 242 valence electrons. The summed E-state index contributed by atoms with van der Waals surface area (Å²) in [6.07, 6.45) is 0.203. The Morgan fingerprint density at radius 2 is 1.52 bits per heavy atom. The lowest BCUT2D eigenvalue weighted by molar-refractivity contribution is -0.137. The Morgan fingerprint density at radius 3 is 2.23 bits per heavy atom. The number of aliphatic carboxylic acids is 1. The second-order valence-corrected chi connectivity index (χ2v) is 11.7. The maximum atomic E-state index is 13.1. The highest BCUT2D eigenvalue weighted by atomic mass is 16.5. The van der Waals surface area contributed by atoms with E-state index in [9.17, 15) is 14.7 Å². The number of ether oxygens (including phenoxy) is 2. The number of nitrogens with zero attached hydrogens (tertiary/aromatic N) is 2. The standard InChI is InChI=1S/C39H36N4O5/c1-24-19-30(20-25(2)37(24)40)48-29-17-18-33-35(22-29)43(3)36(42-33)23-47-28-15-13-26(14-16-28)21-34(39(45)46)41-32-12-8-7-11-31(32)38(44)27-9-5-4-6-10-27/h4-20,22,34,41H,21,23,40H2,1-3H3,(H,45,46). The third-order valence-corrected chi connectivity index (χ3v) is 8.31. The minimum atomic E-state index is -1.02. The lowest BCUT2D eigenvalue weighted by Gasteiger charge is -2.18. The molecular weight excluding hydrogens is 604 g/mol. The monoisotopic (exact) mass is 640 g/mol. The van der Waals surface area contributed by atoms with Crippen molar-refractivity contribution >= 4 is 34.2 Å². The molecule has 0 aliphatic carbocycles. The number of rotatable bonds is 12. The van der Waals surface area contributed by atoms with Crippen molar-refractivity contribution in [1.82, 2.24) is 9.55 Å². The number of aromatic nitrogens is 2. The van der Waals surface area contributed by atoms with Crippen molar-refractivity contribution in [2.24, 2.45) is 7.05 Å². The number of hydrogen-bond acceptors (Lipinski definition) is 7. The first-order valence-electron chi connectivity index (χ1n) is 15.6. The average Bonchev–Trinajstić information content (AvgIpc) is 3.41. The number of para-hydroxylation sites is 1. The van der Waals surface area contributed by atoms with Gasteiger partial charge in [-0.15, -0.1) is 0 Å². The number of carbonyl (C=O) groups excluding carboxylic acids is 1. The number of carboxylic acids is 1. The van der Waals surface area contributed by atoms with Crippen molar-refractivity contribution in [3.63, 3.8) is 0 Å². The fourth-order valence-electron chi connectivity index (χ4n) is 5.59. The van der Waals surface area contributed by atoms with Crippen LogP contribution in [0.3, 0.4) is 0 Å². The van der Waals surface area contributed by atoms with Gasteiger partial charge in [0.25, 0.3) is 0 Å². The van der Waals surface area contributed by atoms with Crippen molar-refractivity contribution in [3.8, 4) is 17.2 Å². The van der Waals surface area contributed by atoms with Gasteiger partial charge in [0.05, 0.1) is 11.0 Å². The number of carbonyl (C=O) groups is 2. The van der Waals surface area contributed by atoms with Crippen molar-refractivity contribution in [2.75, 3.05) is 11.1 Å². The molecule has 1 unspecified atom stereocenters. The van der Waals surface area contributed by atoms with Gasteiger partial charge in [-0.2, -0.15) is 0 Å². The zero-order valence-electron chi connectivity index (χ0n) is 26.9. The van der Waals surface area contributed by atoms with Crippen molar-refractivity contribution in [2.45, 2.75) is 32.9 Å². The molecule has 5 aromatic carbocycles. The third kappa shape index (κ3) is 7.00. The molecule has 0 spiro atoms. The number of anilines is 2. The lowest BCUT2D eigenvalue weighted by atomic mass is 10.00. The molecule has 0 aliphatic rings. The van der Waals surface area contributed by atoms with Crippen LogP contribution in [0.1, 0.15) is 38.4 Å². The van der Waals surface area contributed by atoms with E-state index in [2.05, 4.69) is 5.32 Å². The summed E-state index contributed by atoms with van der Waals surface area (Å²) in [6, 6.07) is 31.8. The van der Waals surface area contributed by atoms with E-state index >= 15 is 0 Å². The predicted octanol–water partition coefficient (Wildman–Crippen LogP) is 7.48. The number of imidazole rings is 1. The quantitative estimate of drug-likeness (QED) is 0.0928. The van der Waals surface area contributed by atoms with Crippen LogP contribution in [0.25, 0.3) is 11.0 Å². The van der Waals surface area contributed by atoms with Crippen LogP contribution in [0, 0.1) is 13.8 Å². The second-order valence-electron chi connectivity index (χ2n) is 11.7. The van der Waals surface area contributed by atoms with E-state index in [1.54, 1.807) is 48.5 Å².